The van der Waals surface area contributed by atoms with Gasteiger partial charge < -0.3 is 0 Å². The minimum atomic E-state index is 0.238. The molecule has 2 aliphatic carbocycles. The molecule has 1 unspecified atom stereocenters. The largest absolute Gasteiger partial charge is 0.0801 e. The maximum Gasteiger partial charge on any atom is 0.00782 e. The Morgan fingerprint density at radius 1 is 1.05 bits per heavy atom. The highest BCUT2D eigenvalue weighted by molar-refractivity contribution is 5.56. The van der Waals surface area contributed by atoms with Gasteiger partial charge in [0.25, 0.3) is 0 Å². The molecule has 19 heavy (non-hydrogen) atoms. The molecular weight excluding hydrogens is 228 g/mol. The second-order valence-corrected chi connectivity index (χ2v) is 8.04. The molecule has 0 radical (unpaired) electrons. The average molecular weight is 256 g/mol. The maximum atomic E-state index is 2.53. The SMILES string of the molecule is CC1=C(C2=CC=CC2)C(C(C)(C)C)C=C1C(C)(C)C. The van der Waals surface area contributed by atoms with Crippen LogP contribution >= 0.6 is 0 Å². The van der Waals surface area contributed by atoms with Crippen LogP contribution in [0.3, 0.4) is 0 Å². The summed E-state index contributed by atoms with van der Waals surface area (Å²) in [7, 11) is 0. The summed E-state index contributed by atoms with van der Waals surface area (Å²) in [6, 6.07) is 0. The highest BCUT2D eigenvalue weighted by atomic mass is 14.4. The molecule has 0 aliphatic heterocycles. The zero-order valence-corrected chi connectivity index (χ0v) is 13.6. The van der Waals surface area contributed by atoms with Gasteiger partial charge in [-0.2, -0.15) is 0 Å². The molecule has 0 heteroatoms. The molecule has 0 saturated heterocycles. The minimum absolute atomic E-state index is 0.238. The second kappa shape index (κ2) is 4.51. The quantitative estimate of drug-likeness (QED) is 0.553. The van der Waals surface area contributed by atoms with E-state index in [1.54, 1.807) is 5.57 Å². The van der Waals surface area contributed by atoms with Crippen molar-refractivity contribution in [3.8, 4) is 0 Å². The first-order valence-corrected chi connectivity index (χ1v) is 7.42. The van der Waals surface area contributed by atoms with E-state index in [-0.39, 0.29) is 10.8 Å². The van der Waals surface area contributed by atoms with Crippen molar-refractivity contribution < 1.29 is 0 Å². The summed E-state index contributed by atoms with van der Waals surface area (Å²) in [4.78, 5) is 0. The molecule has 0 N–H and O–H groups in total. The predicted molar refractivity (Wildman–Crippen MR) is 85.0 cm³/mol. The Kier molecular flexibility index (Phi) is 3.41. The Morgan fingerprint density at radius 2 is 1.68 bits per heavy atom. The molecule has 0 aromatic rings. The summed E-state index contributed by atoms with van der Waals surface area (Å²) in [5.74, 6) is 0.549. The van der Waals surface area contributed by atoms with Gasteiger partial charge in [0.15, 0.2) is 0 Å². The van der Waals surface area contributed by atoms with Crippen molar-refractivity contribution in [1.82, 2.24) is 0 Å². The molecule has 0 bridgehead atoms. The van der Waals surface area contributed by atoms with Gasteiger partial charge in [-0.15, -0.1) is 0 Å². The molecule has 0 fully saturated rings. The Morgan fingerprint density at radius 3 is 2.11 bits per heavy atom. The van der Waals surface area contributed by atoms with Crippen LogP contribution in [0.25, 0.3) is 0 Å². The van der Waals surface area contributed by atoms with Crippen LogP contribution in [0, 0.1) is 16.7 Å². The second-order valence-electron chi connectivity index (χ2n) is 8.04. The van der Waals surface area contributed by atoms with Gasteiger partial charge in [-0.25, -0.2) is 0 Å². The minimum Gasteiger partial charge on any atom is -0.0801 e. The molecule has 2 aliphatic rings. The van der Waals surface area contributed by atoms with E-state index in [2.05, 4.69) is 72.8 Å². The lowest BCUT2D eigenvalue weighted by atomic mass is 9.75. The van der Waals surface area contributed by atoms with Gasteiger partial charge >= 0.3 is 0 Å². The lowest BCUT2D eigenvalue weighted by Gasteiger charge is -2.29. The third-order valence-electron chi connectivity index (χ3n) is 4.31. The molecule has 0 aromatic heterocycles. The summed E-state index contributed by atoms with van der Waals surface area (Å²) in [6.07, 6.45) is 10.4. The molecular formula is C19H28. The third-order valence-corrected chi connectivity index (χ3v) is 4.31. The average Bonchev–Trinajstić information content (AvgIpc) is 2.80. The molecule has 104 valence electrons. The zero-order valence-electron chi connectivity index (χ0n) is 13.6. The first-order chi connectivity index (χ1) is 8.62. The smallest absolute Gasteiger partial charge is 0.00782 e. The molecule has 0 spiro atoms. The summed E-state index contributed by atoms with van der Waals surface area (Å²) in [5.41, 5.74) is 6.68. The fourth-order valence-corrected chi connectivity index (χ4v) is 3.34. The van der Waals surface area contributed by atoms with Crippen LogP contribution in [0.4, 0.5) is 0 Å². The van der Waals surface area contributed by atoms with E-state index in [4.69, 9.17) is 0 Å². The van der Waals surface area contributed by atoms with Crippen LogP contribution in [0.5, 0.6) is 0 Å². The standard InChI is InChI=1S/C19H28/c1-13-15(18(2,3)4)12-16(19(5,6)7)17(13)14-10-8-9-11-14/h8-10,12,16H,11H2,1-7H3. The van der Waals surface area contributed by atoms with Gasteiger partial charge in [-0.05, 0) is 46.5 Å². The van der Waals surface area contributed by atoms with Gasteiger partial charge in [-0.3, -0.25) is 0 Å². The van der Waals surface area contributed by atoms with Crippen LogP contribution < -0.4 is 0 Å². The van der Waals surface area contributed by atoms with E-state index in [0.29, 0.717) is 5.92 Å². The molecule has 0 amide bonds. The van der Waals surface area contributed by atoms with Crippen molar-refractivity contribution in [3.63, 3.8) is 0 Å². The van der Waals surface area contributed by atoms with E-state index in [9.17, 15) is 0 Å². The van der Waals surface area contributed by atoms with Crippen LogP contribution in [0.15, 0.2) is 46.6 Å². The molecule has 0 heterocycles. The molecule has 1 atom stereocenters. The van der Waals surface area contributed by atoms with Gasteiger partial charge in [0.05, 0.1) is 0 Å². The van der Waals surface area contributed by atoms with Gasteiger partial charge in [0.1, 0.15) is 0 Å². The number of hydrogen-bond donors (Lipinski definition) is 0. The van der Waals surface area contributed by atoms with E-state index >= 15 is 0 Å². The van der Waals surface area contributed by atoms with E-state index < -0.39 is 0 Å². The Hall–Kier alpha value is -1.04. The van der Waals surface area contributed by atoms with Crippen molar-refractivity contribution in [1.29, 1.82) is 0 Å². The number of hydrogen-bond acceptors (Lipinski definition) is 0. The Balaban J connectivity index is 2.51. The molecule has 0 nitrogen and oxygen atoms in total. The third kappa shape index (κ3) is 2.63. The summed E-state index contributed by atoms with van der Waals surface area (Å²) in [5, 5.41) is 0. The van der Waals surface area contributed by atoms with Crippen LogP contribution in [-0.2, 0) is 0 Å². The lowest BCUT2D eigenvalue weighted by molar-refractivity contribution is 0.333. The van der Waals surface area contributed by atoms with Gasteiger partial charge in [-0.1, -0.05) is 65.8 Å². The van der Waals surface area contributed by atoms with Crippen molar-refractivity contribution in [2.24, 2.45) is 16.7 Å². The van der Waals surface area contributed by atoms with E-state index in [0.717, 1.165) is 6.42 Å². The topological polar surface area (TPSA) is 0 Å². The monoisotopic (exact) mass is 256 g/mol. The summed E-state index contributed by atoms with van der Waals surface area (Å²) >= 11 is 0. The lowest BCUT2D eigenvalue weighted by Crippen LogP contribution is -2.20. The normalized spacial score (nSPS) is 24.1. The Labute approximate surface area is 119 Å². The van der Waals surface area contributed by atoms with Gasteiger partial charge in [0.2, 0.25) is 0 Å². The predicted octanol–water partition coefficient (Wildman–Crippen LogP) is 5.84. The molecule has 0 aromatic carbocycles. The van der Waals surface area contributed by atoms with E-state index in [1.807, 2.05) is 0 Å². The number of rotatable bonds is 1. The highest BCUT2D eigenvalue weighted by Crippen LogP contribution is 2.50. The van der Waals surface area contributed by atoms with Crippen molar-refractivity contribution in [3.05, 3.63) is 46.6 Å². The highest BCUT2D eigenvalue weighted by Gasteiger charge is 2.37. The summed E-state index contributed by atoms with van der Waals surface area (Å²) < 4.78 is 0. The van der Waals surface area contributed by atoms with E-state index in [1.165, 1.54) is 16.7 Å². The Bertz CT molecular complexity index is 493. The molecule has 2 rings (SSSR count). The fraction of sp³-hybridized carbons (Fsp3) is 0.579. The zero-order chi connectivity index (χ0) is 14.4. The van der Waals surface area contributed by atoms with Gasteiger partial charge in [0, 0.05) is 5.92 Å². The maximum absolute atomic E-state index is 2.53. The van der Waals surface area contributed by atoms with Crippen molar-refractivity contribution in [2.75, 3.05) is 0 Å². The van der Waals surface area contributed by atoms with Crippen molar-refractivity contribution >= 4 is 0 Å². The van der Waals surface area contributed by atoms with Crippen LogP contribution in [0.1, 0.15) is 54.9 Å². The first kappa shape index (κ1) is 14.4. The number of allylic oxidation sites excluding steroid dienone is 8. The first-order valence-electron chi connectivity index (χ1n) is 7.42. The fourth-order valence-electron chi connectivity index (χ4n) is 3.34. The van der Waals surface area contributed by atoms with Crippen LogP contribution in [-0.4, -0.2) is 0 Å². The molecule has 0 saturated carbocycles. The van der Waals surface area contributed by atoms with Crippen LogP contribution in [0.2, 0.25) is 0 Å². The van der Waals surface area contributed by atoms with Crippen molar-refractivity contribution in [2.45, 2.75) is 54.9 Å². The summed E-state index contributed by atoms with van der Waals surface area (Å²) in [6.45, 7) is 16.4.